The maximum absolute atomic E-state index is 10.9. The number of aldehydes is 1. The van der Waals surface area contributed by atoms with Gasteiger partial charge in [0, 0.05) is 17.7 Å². The van der Waals surface area contributed by atoms with Crippen LogP contribution in [0.2, 0.25) is 18.1 Å². The van der Waals surface area contributed by atoms with Crippen LogP contribution in [-0.2, 0) is 14.0 Å². The van der Waals surface area contributed by atoms with E-state index in [0.29, 0.717) is 0 Å². The summed E-state index contributed by atoms with van der Waals surface area (Å²) in [4.78, 5) is 15.5. The van der Waals surface area contributed by atoms with Crippen molar-refractivity contribution in [2.75, 3.05) is 0 Å². The van der Waals surface area contributed by atoms with Crippen LogP contribution in [-0.4, -0.2) is 37.4 Å². The number of rotatable bonds is 11. The first-order chi connectivity index (χ1) is 13.8. The minimum atomic E-state index is -1.93. The van der Waals surface area contributed by atoms with E-state index < -0.39 is 8.32 Å². The number of carbonyl (C=O) groups is 1. The van der Waals surface area contributed by atoms with Crippen LogP contribution in [0.25, 0.3) is 6.08 Å². The first-order valence-electron chi connectivity index (χ1n) is 11.2. The number of ether oxygens (including phenoxy) is 1. The topological polar surface area (TPSA) is 51.7 Å². The van der Waals surface area contributed by atoms with E-state index in [4.69, 9.17) is 9.16 Å². The summed E-state index contributed by atoms with van der Waals surface area (Å²) < 4.78 is 13.0. The van der Waals surface area contributed by atoms with Crippen molar-refractivity contribution in [3.8, 4) is 0 Å². The van der Waals surface area contributed by atoms with Crippen LogP contribution >= 0.6 is 11.3 Å². The Morgan fingerprint density at radius 2 is 2.10 bits per heavy atom. The Bertz CT molecular complexity index is 752. The number of carbonyl (C=O) groups excluding carboxylic acids is 1. The molecule has 170 valence electrons. The number of aromatic nitrogens is 1. The summed E-state index contributed by atoms with van der Waals surface area (Å²) in [7, 11) is -1.93. The molecule has 1 aromatic heterocycles. The Labute approximate surface area is 188 Å². The smallest absolute Gasteiger partial charge is 0.192 e. The molecule has 2 heterocycles. The van der Waals surface area contributed by atoms with Crippen LogP contribution in [0.1, 0.15) is 77.9 Å². The third kappa shape index (κ3) is 6.84. The minimum absolute atomic E-state index is 0.0358. The summed E-state index contributed by atoms with van der Waals surface area (Å²) in [6.45, 7) is 19.9. The van der Waals surface area contributed by atoms with Crippen molar-refractivity contribution in [2.45, 2.75) is 110 Å². The average Bonchev–Trinajstić information content (AvgIpc) is 3.06. The van der Waals surface area contributed by atoms with Crippen LogP contribution in [0, 0.1) is 12.8 Å². The molecule has 0 aromatic carbocycles. The highest BCUT2D eigenvalue weighted by molar-refractivity contribution is 7.09. The zero-order chi connectivity index (χ0) is 22.7. The molecule has 1 aliphatic rings. The quantitative estimate of drug-likeness (QED) is 0.211. The standard InChI is InChI=1S/C24H41NO3SSi/c1-17(15-26)11-10-12-24(7)22(27-24)14-21(28-30(8,9)23(4,5)6)18(2)13-20-16-29-19(3)25-20/h13,15-17,21-22H,10-12,14H2,1-9H3/b18-13+/t17-,21+,22+,24-/m1/s1. The lowest BCUT2D eigenvalue weighted by atomic mass is 9.93. The molecule has 0 radical (unpaired) electrons. The van der Waals surface area contributed by atoms with Crippen molar-refractivity contribution in [1.82, 2.24) is 4.98 Å². The maximum Gasteiger partial charge on any atom is 0.192 e. The second-order valence-electron chi connectivity index (χ2n) is 10.7. The van der Waals surface area contributed by atoms with Crippen molar-refractivity contribution >= 4 is 32.0 Å². The molecule has 0 aliphatic carbocycles. The van der Waals surface area contributed by atoms with E-state index in [-0.39, 0.29) is 28.8 Å². The molecule has 0 saturated carbocycles. The van der Waals surface area contributed by atoms with Gasteiger partial charge in [0.25, 0.3) is 0 Å². The van der Waals surface area contributed by atoms with Crippen LogP contribution in [0.5, 0.6) is 0 Å². The van der Waals surface area contributed by atoms with Gasteiger partial charge in [0.05, 0.1) is 28.5 Å². The summed E-state index contributed by atoms with van der Waals surface area (Å²) in [5.74, 6) is 0.132. The summed E-state index contributed by atoms with van der Waals surface area (Å²) >= 11 is 1.68. The van der Waals surface area contributed by atoms with E-state index in [1.54, 1.807) is 11.3 Å². The Morgan fingerprint density at radius 3 is 2.63 bits per heavy atom. The zero-order valence-corrected chi connectivity index (χ0v) is 22.2. The highest BCUT2D eigenvalue weighted by Crippen LogP contribution is 2.46. The molecule has 0 N–H and O–H groups in total. The van der Waals surface area contributed by atoms with Crippen LogP contribution in [0.15, 0.2) is 11.0 Å². The van der Waals surface area contributed by atoms with Crippen molar-refractivity contribution < 1.29 is 14.0 Å². The molecule has 30 heavy (non-hydrogen) atoms. The second-order valence-corrected chi connectivity index (χ2v) is 16.5. The lowest BCUT2D eigenvalue weighted by molar-refractivity contribution is -0.110. The van der Waals surface area contributed by atoms with Gasteiger partial charge in [-0.1, -0.05) is 27.7 Å². The first-order valence-corrected chi connectivity index (χ1v) is 15.0. The van der Waals surface area contributed by atoms with Crippen molar-refractivity contribution in [3.05, 3.63) is 21.7 Å². The molecule has 0 unspecified atom stereocenters. The summed E-state index contributed by atoms with van der Waals surface area (Å²) in [6.07, 6.45) is 7.29. The SMILES string of the molecule is C/C(=C\c1csc(C)n1)[C@H](C[C@@H]1O[C@]1(C)CCC[C@@H](C)C=O)O[Si](C)(C)C(C)(C)C. The van der Waals surface area contributed by atoms with Crippen LogP contribution in [0.4, 0.5) is 0 Å². The van der Waals surface area contributed by atoms with E-state index in [1.807, 2.05) is 13.8 Å². The van der Waals surface area contributed by atoms with Crippen molar-refractivity contribution in [1.29, 1.82) is 0 Å². The summed E-state index contributed by atoms with van der Waals surface area (Å²) in [6, 6.07) is 0. The highest BCUT2D eigenvalue weighted by Gasteiger charge is 2.53. The first kappa shape index (κ1) is 25.4. The molecule has 2 rings (SSSR count). The van der Waals surface area contributed by atoms with E-state index in [1.165, 1.54) is 5.57 Å². The molecule has 1 aromatic rings. The molecule has 4 atom stereocenters. The molecular formula is C24H41NO3SSi. The fourth-order valence-corrected chi connectivity index (χ4v) is 5.39. The Morgan fingerprint density at radius 1 is 1.43 bits per heavy atom. The molecule has 1 aliphatic heterocycles. The van der Waals surface area contributed by atoms with Gasteiger partial charge in [0.1, 0.15) is 6.29 Å². The van der Waals surface area contributed by atoms with E-state index in [0.717, 1.165) is 42.7 Å². The Hall–Kier alpha value is -0.823. The van der Waals surface area contributed by atoms with E-state index in [2.05, 4.69) is 64.2 Å². The average molecular weight is 452 g/mol. The lowest BCUT2D eigenvalue weighted by Crippen LogP contribution is -2.44. The van der Waals surface area contributed by atoms with Gasteiger partial charge < -0.3 is 14.0 Å². The van der Waals surface area contributed by atoms with Gasteiger partial charge in [-0.25, -0.2) is 4.98 Å². The predicted octanol–water partition coefficient (Wildman–Crippen LogP) is 6.80. The predicted molar refractivity (Wildman–Crippen MR) is 130 cm³/mol. The summed E-state index contributed by atoms with van der Waals surface area (Å²) in [5, 5.41) is 3.34. The largest absolute Gasteiger partial charge is 0.410 e. The minimum Gasteiger partial charge on any atom is -0.410 e. The monoisotopic (exact) mass is 451 g/mol. The number of hydrogen-bond acceptors (Lipinski definition) is 5. The van der Waals surface area contributed by atoms with Crippen molar-refractivity contribution in [2.24, 2.45) is 5.92 Å². The van der Waals surface area contributed by atoms with Gasteiger partial charge in [-0.05, 0) is 69.8 Å². The van der Waals surface area contributed by atoms with E-state index in [9.17, 15) is 4.79 Å². The fourth-order valence-electron chi connectivity index (χ4n) is 3.48. The van der Waals surface area contributed by atoms with Gasteiger partial charge in [-0.15, -0.1) is 11.3 Å². The third-order valence-corrected chi connectivity index (χ3v) is 12.1. The number of thiazole rings is 1. The lowest BCUT2D eigenvalue weighted by Gasteiger charge is -2.39. The molecule has 6 heteroatoms. The number of epoxide rings is 1. The zero-order valence-electron chi connectivity index (χ0n) is 20.4. The molecule has 0 amide bonds. The van der Waals surface area contributed by atoms with Crippen LogP contribution in [0.3, 0.4) is 0 Å². The highest BCUT2D eigenvalue weighted by atomic mass is 32.1. The molecule has 4 nitrogen and oxygen atoms in total. The van der Waals surface area contributed by atoms with Gasteiger partial charge in [0.15, 0.2) is 8.32 Å². The van der Waals surface area contributed by atoms with Gasteiger partial charge in [-0.2, -0.15) is 0 Å². The maximum atomic E-state index is 10.9. The Kier molecular flexibility index (Phi) is 8.28. The number of aryl methyl sites for hydroxylation is 1. The Balaban J connectivity index is 2.10. The fraction of sp³-hybridized carbons (Fsp3) is 0.750. The van der Waals surface area contributed by atoms with Gasteiger partial charge in [-0.3, -0.25) is 0 Å². The summed E-state index contributed by atoms with van der Waals surface area (Å²) in [5.41, 5.74) is 2.15. The normalized spacial score (nSPS) is 24.6. The molecule has 1 saturated heterocycles. The third-order valence-electron chi connectivity index (χ3n) is 6.79. The molecule has 0 spiro atoms. The number of nitrogens with zero attached hydrogens (tertiary/aromatic N) is 1. The molecule has 1 fully saturated rings. The van der Waals surface area contributed by atoms with E-state index >= 15 is 0 Å². The van der Waals surface area contributed by atoms with Crippen molar-refractivity contribution in [3.63, 3.8) is 0 Å². The van der Waals surface area contributed by atoms with Gasteiger partial charge in [0.2, 0.25) is 0 Å². The number of hydrogen-bond donors (Lipinski definition) is 0. The second kappa shape index (κ2) is 9.76. The van der Waals surface area contributed by atoms with Crippen LogP contribution < -0.4 is 0 Å². The molecular weight excluding hydrogens is 410 g/mol. The molecule has 0 bridgehead atoms. The van der Waals surface area contributed by atoms with Gasteiger partial charge >= 0.3 is 0 Å².